The molecular weight excluding hydrogens is 506 g/mol. The van der Waals surface area contributed by atoms with Crippen LogP contribution in [0.3, 0.4) is 0 Å². The molecule has 1 atom stereocenters. The van der Waals surface area contributed by atoms with Crippen LogP contribution in [-0.2, 0) is 13.6 Å². The van der Waals surface area contributed by atoms with E-state index >= 15 is 0 Å². The number of aryl methyl sites for hydroxylation is 1. The Labute approximate surface area is 193 Å². The standard InChI is InChI=1S/C20H28ClFN6.HI/c1-3-23-20(24-13-15-9-10-26-27(15)2)25-14-18(28-11-4-5-12-28)19-16(21)7-6-8-17(19)22;/h6-10,18H,3-5,11-14H2,1-2H3,(H2,23,24,25);1H. The van der Waals surface area contributed by atoms with Crippen LogP contribution in [0.2, 0.25) is 5.02 Å². The van der Waals surface area contributed by atoms with Crippen LogP contribution in [0.5, 0.6) is 0 Å². The summed E-state index contributed by atoms with van der Waals surface area (Å²) in [4.78, 5) is 6.94. The molecule has 0 aliphatic carbocycles. The Balaban J connectivity index is 0.00000300. The second kappa shape index (κ2) is 11.7. The number of likely N-dealkylation sites (tertiary alicyclic amines) is 1. The molecule has 0 radical (unpaired) electrons. The lowest BCUT2D eigenvalue weighted by atomic mass is 10.0. The normalized spacial score (nSPS) is 15.8. The first-order valence-electron chi connectivity index (χ1n) is 9.77. The lowest BCUT2D eigenvalue weighted by molar-refractivity contribution is 0.240. The number of nitrogens with one attached hydrogen (secondary N) is 2. The molecule has 9 heteroatoms. The molecule has 1 unspecified atom stereocenters. The van der Waals surface area contributed by atoms with Crippen LogP contribution in [0.1, 0.15) is 37.1 Å². The minimum atomic E-state index is -0.261. The third-order valence-electron chi connectivity index (χ3n) is 5.04. The lowest BCUT2D eigenvalue weighted by Gasteiger charge is -2.29. The number of rotatable bonds is 7. The van der Waals surface area contributed by atoms with Crippen molar-refractivity contribution < 1.29 is 4.39 Å². The van der Waals surface area contributed by atoms with Gasteiger partial charge in [-0.05, 0) is 51.1 Å². The Morgan fingerprint density at radius 1 is 1.28 bits per heavy atom. The predicted molar refractivity (Wildman–Crippen MR) is 126 cm³/mol. The van der Waals surface area contributed by atoms with Gasteiger partial charge in [-0.1, -0.05) is 17.7 Å². The molecule has 0 amide bonds. The van der Waals surface area contributed by atoms with Crippen molar-refractivity contribution in [2.45, 2.75) is 32.4 Å². The molecule has 0 spiro atoms. The Bertz CT molecular complexity index is 786. The van der Waals surface area contributed by atoms with Crippen LogP contribution >= 0.6 is 35.6 Å². The van der Waals surface area contributed by atoms with Crippen LogP contribution in [-0.4, -0.2) is 46.8 Å². The van der Waals surface area contributed by atoms with Crippen molar-refractivity contribution in [2.75, 3.05) is 26.2 Å². The molecule has 6 nitrogen and oxygen atoms in total. The minimum absolute atomic E-state index is 0. The highest BCUT2D eigenvalue weighted by Crippen LogP contribution is 2.31. The fourth-order valence-corrected chi connectivity index (χ4v) is 3.84. The Kier molecular flexibility index (Phi) is 9.64. The van der Waals surface area contributed by atoms with Gasteiger partial charge in [0.1, 0.15) is 5.82 Å². The molecule has 1 saturated heterocycles. The molecule has 2 N–H and O–H groups in total. The largest absolute Gasteiger partial charge is 0.357 e. The highest BCUT2D eigenvalue weighted by molar-refractivity contribution is 14.0. The maximum absolute atomic E-state index is 14.6. The van der Waals surface area contributed by atoms with Gasteiger partial charge < -0.3 is 10.6 Å². The highest BCUT2D eigenvalue weighted by Gasteiger charge is 2.27. The van der Waals surface area contributed by atoms with E-state index < -0.39 is 0 Å². The van der Waals surface area contributed by atoms with E-state index in [0.29, 0.717) is 29.6 Å². The Morgan fingerprint density at radius 2 is 2.03 bits per heavy atom. The van der Waals surface area contributed by atoms with Crippen molar-refractivity contribution in [1.29, 1.82) is 0 Å². The molecule has 1 aromatic carbocycles. The molecule has 1 aliphatic heterocycles. The highest BCUT2D eigenvalue weighted by atomic mass is 127. The Morgan fingerprint density at radius 3 is 2.66 bits per heavy atom. The van der Waals surface area contributed by atoms with Crippen LogP contribution in [0.25, 0.3) is 0 Å². The molecular formula is C20H29ClFIN6. The summed E-state index contributed by atoms with van der Waals surface area (Å²) in [6.07, 6.45) is 4.00. The van der Waals surface area contributed by atoms with Crippen LogP contribution in [0.15, 0.2) is 35.5 Å². The third-order valence-corrected chi connectivity index (χ3v) is 5.37. The van der Waals surface area contributed by atoms with E-state index in [1.165, 1.54) is 6.07 Å². The van der Waals surface area contributed by atoms with Crippen LogP contribution in [0, 0.1) is 5.82 Å². The Hall–Kier alpha value is -1.39. The lowest BCUT2D eigenvalue weighted by Crippen LogP contribution is -2.43. The van der Waals surface area contributed by atoms with E-state index in [1.807, 2.05) is 20.0 Å². The second-order valence-corrected chi connectivity index (χ2v) is 7.32. The molecule has 3 rings (SSSR count). The van der Waals surface area contributed by atoms with Gasteiger partial charge in [0.05, 0.1) is 18.3 Å². The van der Waals surface area contributed by atoms with Crippen molar-refractivity contribution in [1.82, 2.24) is 25.3 Å². The molecule has 1 aliphatic rings. The summed E-state index contributed by atoms with van der Waals surface area (Å²) in [6.45, 7) is 5.69. The topological polar surface area (TPSA) is 57.5 Å². The minimum Gasteiger partial charge on any atom is -0.357 e. The molecule has 2 heterocycles. The zero-order valence-electron chi connectivity index (χ0n) is 16.9. The number of halogens is 3. The van der Waals surface area contributed by atoms with Gasteiger partial charge in [-0.3, -0.25) is 9.58 Å². The van der Waals surface area contributed by atoms with Gasteiger partial charge in [0.25, 0.3) is 0 Å². The molecule has 1 fully saturated rings. The van der Waals surface area contributed by atoms with Gasteiger partial charge in [0.2, 0.25) is 0 Å². The van der Waals surface area contributed by atoms with Gasteiger partial charge >= 0.3 is 0 Å². The number of aromatic nitrogens is 2. The molecule has 2 aromatic rings. The number of hydrogen-bond donors (Lipinski definition) is 2. The van der Waals surface area contributed by atoms with E-state index in [0.717, 1.165) is 38.2 Å². The quantitative estimate of drug-likeness (QED) is 0.323. The van der Waals surface area contributed by atoms with Crippen molar-refractivity contribution in [3.05, 3.63) is 52.6 Å². The summed E-state index contributed by atoms with van der Waals surface area (Å²) in [7, 11) is 1.90. The van der Waals surface area contributed by atoms with Crippen LogP contribution in [0.4, 0.5) is 4.39 Å². The van der Waals surface area contributed by atoms with Crippen molar-refractivity contribution in [3.63, 3.8) is 0 Å². The molecule has 160 valence electrons. The fourth-order valence-electron chi connectivity index (χ4n) is 3.55. The average Bonchev–Trinajstić information content (AvgIpc) is 3.34. The first-order valence-corrected chi connectivity index (χ1v) is 10.1. The zero-order valence-corrected chi connectivity index (χ0v) is 20.0. The van der Waals surface area contributed by atoms with Gasteiger partial charge in [-0.2, -0.15) is 5.10 Å². The molecule has 0 saturated carbocycles. The van der Waals surface area contributed by atoms with Crippen LogP contribution < -0.4 is 10.6 Å². The van der Waals surface area contributed by atoms with Gasteiger partial charge in [-0.25, -0.2) is 9.38 Å². The average molecular weight is 535 g/mol. The van der Waals surface area contributed by atoms with Crippen molar-refractivity contribution in [2.24, 2.45) is 12.0 Å². The van der Waals surface area contributed by atoms with Gasteiger partial charge in [0, 0.05) is 36.9 Å². The first kappa shape index (κ1) is 23.9. The maximum Gasteiger partial charge on any atom is 0.191 e. The van der Waals surface area contributed by atoms with Gasteiger partial charge in [0.15, 0.2) is 5.96 Å². The summed E-state index contributed by atoms with van der Waals surface area (Å²) in [5.41, 5.74) is 1.58. The predicted octanol–water partition coefficient (Wildman–Crippen LogP) is 3.72. The fraction of sp³-hybridized carbons (Fsp3) is 0.500. The van der Waals surface area contributed by atoms with E-state index in [4.69, 9.17) is 11.6 Å². The number of aliphatic imine (C=N–C) groups is 1. The molecule has 1 aromatic heterocycles. The number of guanidine groups is 1. The van der Waals surface area contributed by atoms with Crippen molar-refractivity contribution in [3.8, 4) is 0 Å². The summed E-state index contributed by atoms with van der Waals surface area (Å²) in [6, 6.07) is 6.68. The third kappa shape index (κ3) is 6.29. The van der Waals surface area contributed by atoms with E-state index in [-0.39, 0.29) is 35.8 Å². The summed E-state index contributed by atoms with van der Waals surface area (Å²) in [5, 5.41) is 11.3. The van der Waals surface area contributed by atoms with E-state index in [9.17, 15) is 4.39 Å². The van der Waals surface area contributed by atoms with E-state index in [1.54, 1.807) is 23.0 Å². The summed E-state index contributed by atoms with van der Waals surface area (Å²) in [5.74, 6) is 0.434. The zero-order chi connectivity index (χ0) is 19.9. The monoisotopic (exact) mass is 534 g/mol. The number of hydrogen-bond acceptors (Lipinski definition) is 3. The smallest absolute Gasteiger partial charge is 0.191 e. The van der Waals surface area contributed by atoms with Gasteiger partial charge in [-0.15, -0.1) is 24.0 Å². The summed E-state index contributed by atoms with van der Waals surface area (Å²) < 4.78 is 16.4. The number of benzene rings is 1. The maximum atomic E-state index is 14.6. The van der Waals surface area contributed by atoms with E-state index in [2.05, 4.69) is 25.6 Å². The van der Waals surface area contributed by atoms with Crippen molar-refractivity contribution >= 4 is 41.5 Å². The molecule has 29 heavy (non-hydrogen) atoms. The molecule has 0 bridgehead atoms. The SMILES string of the molecule is CCNC(=NCc1ccnn1C)NCC(c1c(F)cccc1Cl)N1CCCC1.I. The number of nitrogens with zero attached hydrogens (tertiary/aromatic N) is 4. The first-order chi connectivity index (χ1) is 13.6. The summed E-state index contributed by atoms with van der Waals surface area (Å²) >= 11 is 6.38. The second-order valence-electron chi connectivity index (χ2n) is 6.92.